The molecule has 0 saturated carbocycles. The average molecular weight is 260 g/mol. The van der Waals surface area contributed by atoms with E-state index in [1.165, 1.54) is 11.1 Å². The van der Waals surface area contributed by atoms with Gasteiger partial charge in [0.25, 0.3) is 0 Å². The minimum absolute atomic E-state index is 0.154. The van der Waals surface area contributed by atoms with E-state index < -0.39 is 0 Å². The summed E-state index contributed by atoms with van der Waals surface area (Å²) in [5.41, 5.74) is 3.61. The first-order valence-corrected chi connectivity index (χ1v) is 6.53. The van der Waals surface area contributed by atoms with E-state index in [0.717, 1.165) is 30.0 Å². The van der Waals surface area contributed by atoms with Crippen LogP contribution in [0.3, 0.4) is 0 Å². The van der Waals surface area contributed by atoms with Crippen molar-refractivity contribution >= 4 is 11.6 Å². The Hall–Kier alpha value is -1.54. The molecule has 1 aliphatic heterocycles. The minimum Gasteiger partial charge on any atom is -0.438 e. The summed E-state index contributed by atoms with van der Waals surface area (Å²) in [5, 5.41) is 0.154. The van der Waals surface area contributed by atoms with Crippen LogP contribution < -0.4 is 4.74 Å². The Morgan fingerprint density at radius 1 is 1.33 bits per heavy atom. The molecule has 0 aliphatic carbocycles. The number of alkyl halides is 1. The fraction of sp³-hybridized carbons (Fsp3) is 0.267. The number of pyridine rings is 1. The molecular weight excluding hydrogens is 246 g/mol. The smallest absolute Gasteiger partial charge is 0.222 e. The summed E-state index contributed by atoms with van der Waals surface area (Å²) in [5.74, 6) is 1.63. The Balaban J connectivity index is 1.93. The quantitative estimate of drug-likeness (QED) is 0.650. The predicted molar refractivity (Wildman–Crippen MR) is 72.6 cm³/mol. The van der Waals surface area contributed by atoms with E-state index in [-0.39, 0.29) is 5.38 Å². The number of rotatable bonds is 2. The Labute approximate surface area is 112 Å². The lowest BCUT2D eigenvalue weighted by molar-refractivity contribution is 0.440. The summed E-state index contributed by atoms with van der Waals surface area (Å²) < 4.78 is 5.79. The van der Waals surface area contributed by atoms with Gasteiger partial charge in [0.2, 0.25) is 5.88 Å². The highest BCUT2D eigenvalue weighted by molar-refractivity contribution is 6.20. The van der Waals surface area contributed by atoms with Crippen molar-refractivity contribution in [2.24, 2.45) is 0 Å². The van der Waals surface area contributed by atoms with Crippen molar-refractivity contribution in [1.29, 1.82) is 0 Å². The summed E-state index contributed by atoms with van der Waals surface area (Å²) >= 11 is 6.04. The second-order valence-corrected chi connectivity index (χ2v) is 5.42. The Morgan fingerprint density at radius 3 is 3.06 bits per heavy atom. The number of nitrogens with zero attached hydrogens (tertiary/aromatic N) is 1. The molecule has 1 aromatic carbocycles. The summed E-state index contributed by atoms with van der Waals surface area (Å²) in [4.78, 5) is 4.25. The second kappa shape index (κ2) is 4.62. The molecule has 0 amide bonds. The van der Waals surface area contributed by atoms with E-state index in [1.807, 2.05) is 19.1 Å². The Bertz CT molecular complexity index is 580. The molecule has 2 aromatic rings. The zero-order valence-corrected chi connectivity index (χ0v) is 10.9. The maximum Gasteiger partial charge on any atom is 0.222 e. The second-order valence-electron chi connectivity index (χ2n) is 4.67. The molecular formula is C15H14ClNO. The van der Waals surface area contributed by atoms with Crippen LogP contribution in [0.15, 0.2) is 36.5 Å². The lowest BCUT2D eigenvalue weighted by Gasteiger charge is -2.19. The van der Waals surface area contributed by atoms with E-state index in [2.05, 4.69) is 23.2 Å². The van der Waals surface area contributed by atoms with Gasteiger partial charge in [-0.1, -0.05) is 18.2 Å². The highest BCUT2D eigenvalue weighted by Gasteiger charge is 2.17. The van der Waals surface area contributed by atoms with Crippen LogP contribution in [-0.4, -0.2) is 10.4 Å². The molecule has 2 heterocycles. The number of benzene rings is 1. The molecule has 0 saturated heterocycles. The van der Waals surface area contributed by atoms with Crippen molar-refractivity contribution in [2.75, 3.05) is 0 Å². The summed E-state index contributed by atoms with van der Waals surface area (Å²) in [7, 11) is 0. The number of hydrogen-bond donors (Lipinski definition) is 0. The van der Waals surface area contributed by atoms with E-state index >= 15 is 0 Å². The molecule has 1 unspecified atom stereocenters. The van der Waals surface area contributed by atoms with Crippen molar-refractivity contribution in [3.8, 4) is 11.6 Å². The zero-order chi connectivity index (χ0) is 12.5. The van der Waals surface area contributed by atoms with Gasteiger partial charge in [-0.2, -0.15) is 0 Å². The van der Waals surface area contributed by atoms with Gasteiger partial charge >= 0.3 is 0 Å². The largest absolute Gasteiger partial charge is 0.438 e. The highest BCUT2D eigenvalue weighted by atomic mass is 35.5. The van der Waals surface area contributed by atoms with Gasteiger partial charge in [-0.05, 0) is 36.6 Å². The summed E-state index contributed by atoms with van der Waals surface area (Å²) in [6.07, 6.45) is 3.52. The van der Waals surface area contributed by atoms with Crippen molar-refractivity contribution in [3.63, 3.8) is 0 Å². The third kappa shape index (κ3) is 2.21. The summed E-state index contributed by atoms with van der Waals surface area (Å²) in [6, 6.07) is 10.3. The topological polar surface area (TPSA) is 22.1 Å². The molecule has 0 radical (unpaired) electrons. The minimum atomic E-state index is 0.154. The van der Waals surface area contributed by atoms with Crippen LogP contribution in [-0.2, 0) is 12.8 Å². The van der Waals surface area contributed by atoms with Crippen LogP contribution in [0.1, 0.15) is 23.6 Å². The molecule has 92 valence electrons. The van der Waals surface area contributed by atoms with Crippen molar-refractivity contribution in [2.45, 2.75) is 25.1 Å². The first-order chi connectivity index (χ1) is 8.72. The van der Waals surface area contributed by atoms with Gasteiger partial charge in [-0.3, -0.25) is 0 Å². The molecule has 1 aliphatic rings. The molecule has 1 aromatic heterocycles. The molecule has 3 heteroatoms. The number of halogens is 1. The lowest BCUT2D eigenvalue weighted by Crippen LogP contribution is -2.06. The molecule has 18 heavy (non-hydrogen) atoms. The van der Waals surface area contributed by atoms with E-state index in [1.54, 1.807) is 6.20 Å². The van der Waals surface area contributed by atoms with Crippen LogP contribution in [0, 0.1) is 0 Å². The van der Waals surface area contributed by atoms with E-state index in [0.29, 0.717) is 0 Å². The standard InChI is InChI=1S/C15H14ClNO/c1-10(16)7-11-4-5-14-13(8-11)9-12-3-2-6-17-15(12)18-14/h2-6,8,10H,7,9H2,1H3. The normalized spacial score (nSPS) is 14.3. The third-order valence-electron chi connectivity index (χ3n) is 3.08. The molecule has 3 rings (SSSR count). The van der Waals surface area contributed by atoms with Gasteiger partial charge in [-0.15, -0.1) is 11.6 Å². The van der Waals surface area contributed by atoms with Crippen molar-refractivity contribution < 1.29 is 4.74 Å². The maximum absolute atomic E-state index is 6.04. The van der Waals surface area contributed by atoms with Gasteiger partial charge < -0.3 is 4.74 Å². The van der Waals surface area contributed by atoms with Crippen LogP contribution >= 0.6 is 11.6 Å². The molecule has 0 N–H and O–H groups in total. The lowest BCUT2D eigenvalue weighted by atomic mass is 9.99. The molecule has 0 fully saturated rings. The average Bonchev–Trinajstić information content (AvgIpc) is 2.35. The predicted octanol–water partition coefficient (Wildman–Crippen LogP) is 3.95. The fourth-order valence-corrected chi connectivity index (χ4v) is 2.46. The van der Waals surface area contributed by atoms with Gasteiger partial charge in [0.15, 0.2) is 0 Å². The summed E-state index contributed by atoms with van der Waals surface area (Å²) in [6.45, 7) is 2.01. The van der Waals surface area contributed by atoms with Gasteiger partial charge in [0.05, 0.1) is 0 Å². The fourth-order valence-electron chi connectivity index (χ4n) is 2.28. The Kier molecular flexibility index (Phi) is 2.96. The number of aromatic nitrogens is 1. The van der Waals surface area contributed by atoms with Crippen LogP contribution in [0.4, 0.5) is 0 Å². The monoisotopic (exact) mass is 259 g/mol. The first-order valence-electron chi connectivity index (χ1n) is 6.10. The molecule has 1 atom stereocenters. The van der Waals surface area contributed by atoms with E-state index in [4.69, 9.17) is 16.3 Å². The highest BCUT2D eigenvalue weighted by Crippen LogP contribution is 2.35. The zero-order valence-electron chi connectivity index (χ0n) is 10.2. The van der Waals surface area contributed by atoms with Crippen molar-refractivity contribution in [1.82, 2.24) is 4.98 Å². The van der Waals surface area contributed by atoms with Crippen LogP contribution in [0.2, 0.25) is 0 Å². The van der Waals surface area contributed by atoms with Crippen molar-refractivity contribution in [3.05, 3.63) is 53.2 Å². The molecule has 0 bridgehead atoms. The Morgan fingerprint density at radius 2 is 2.22 bits per heavy atom. The molecule has 0 spiro atoms. The van der Waals surface area contributed by atoms with Gasteiger partial charge in [0, 0.05) is 23.6 Å². The number of hydrogen-bond acceptors (Lipinski definition) is 2. The number of ether oxygens (including phenoxy) is 1. The van der Waals surface area contributed by atoms with Crippen LogP contribution in [0.5, 0.6) is 11.6 Å². The third-order valence-corrected chi connectivity index (χ3v) is 3.23. The molecule has 2 nitrogen and oxygen atoms in total. The number of fused-ring (bicyclic) bond motifs is 2. The van der Waals surface area contributed by atoms with Crippen LogP contribution in [0.25, 0.3) is 0 Å². The maximum atomic E-state index is 6.04. The first kappa shape index (κ1) is 11.5. The van der Waals surface area contributed by atoms with Gasteiger partial charge in [0.1, 0.15) is 5.75 Å². The SMILES string of the molecule is CC(Cl)Cc1ccc2c(c1)Cc1cccnc1O2. The van der Waals surface area contributed by atoms with Gasteiger partial charge in [-0.25, -0.2) is 4.98 Å². The van der Waals surface area contributed by atoms with E-state index in [9.17, 15) is 0 Å².